The lowest BCUT2D eigenvalue weighted by Crippen LogP contribution is -2.25. The van der Waals surface area contributed by atoms with Crippen LogP contribution in [-0.2, 0) is 11.3 Å². The van der Waals surface area contributed by atoms with E-state index >= 15 is 0 Å². The zero-order valence-corrected chi connectivity index (χ0v) is 16.0. The number of H-pyrrole nitrogens is 1. The average Bonchev–Trinajstić information content (AvgIpc) is 3.20. The summed E-state index contributed by atoms with van der Waals surface area (Å²) in [6.45, 7) is 0.0481. The number of rotatable bonds is 4. The van der Waals surface area contributed by atoms with Crippen LogP contribution in [0.1, 0.15) is 5.56 Å². The van der Waals surface area contributed by atoms with Crippen LogP contribution in [0.2, 0.25) is 0 Å². The minimum atomic E-state index is -0.273. The summed E-state index contributed by atoms with van der Waals surface area (Å²) < 4.78 is 1.85. The number of carbonyl (C=O) groups excluding carboxylic acids is 1. The Morgan fingerprint density at radius 1 is 0.900 bits per heavy atom. The summed E-state index contributed by atoms with van der Waals surface area (Å²) in [5, 5.41) is 6.33. The van der Waals surface area contributed by atoms with Gasteiger partial charge in [0, 0.05) is 33.4 Å². The summed E-state index contributed by atoms with van der Waals surface area (Å²) in [5.74, 6) is -0.273. The Balaban J connectivity index is 1.46. The van der Waals surface area contributed by atoms with E-state index in [9.17, 15) is 9.59 Å². The van der Waals surface area contributed by atoms with Gasteiger partial charge in [-0.2, -0.15) is 5.10 Å². The first-order chi connectivity index (χ1) is 14.7. The molecule has 146 valence electrons. The number of hydrogen-bond acceptors (Lipinski definition) is 3. The normalized spacial score (nSPS) is 11.6. The number of carbonyl (C=O) groups is 1. The molecule has 0 atom stereocenters. The van der Waals surface area contributed by atoms with Crippen LogP contribution < -0.4 is 10.9 Å². The standard InChI is InChI=1S/C24H18N4O2/c29-23(27-26-14-16-13-25-20-10-4-1-7-17(16)20)15-28-21-11-5-2-8-18(21)24(30)19-9-3-6-12-22(19)28/h1-14,25H,15H2,(H,27,29)/b26-14-. The van der Waals surface area contributed by atoms with Crippen LogP contribution in [0.25, 0.3) is 32.7 Å². The van der Waals surface area contributed by atoms with Crippen molar-refractivity contribution >= 4 is 44.8 Å². The number of hydrogen-bond donors (Lipinski definition) is 2. The van der Waals surface area contributed by atoms with Crippen LogP contribution in [0, 0.1) is 0 Å². The number of aromatic nitrogens is 2. The van der Waals surface area contributed by atoms with Gasteiger partial charge in [-0.25, -0.2) is 5.43 Å². The second-order valence-corrected chi connectivity index (χ2v) is 7.03. The quantitative estimate of drug-likeness (QED) is 0.276. The summed E-state index contributed by atoms with van der Waals surface area (Å²) in [6, 6.07) is 22.5. The number of amides is 1. The first kappa shape index (κ1) is 17.9. The van der Waals surface area contributed by atoms with Crippen molar-refractivity contribution in [3.05, 3.63) is 94.8 Å². The molecule has 0 saturated carbocycles. The largest absolute Gasteiger partial charge is 0.361 e. The van der Waals surface area contributed by atoms with Crippen molar-refractivity contribution in [2.45, 2.75) is 6.54 Å². The Kier molecular flexibility index (Phi) is 4.37. The maximum absolute atomic E-state index is 12.8. The third-order valence-corrected chi connectivity index (χ3v) is 5.19. The second kappa shape index (κ2) is 7.33. The smallest absolute Gasteiger partial charge is 0.260 e. The van der Waals surface area contributed by atoms with Gasteiger partial charge in [-0.3, -0.25) is 9.59 Å². The molecule has 6 nitrogen and oxygen atoms in total. The highest BCUT2D eigenvalue weighted by molar-refractivity contribution is 5.99. The molecule has 0 aliphatic heterocycles. The third kappa shape index (κ3) is 3.04. The van der Waals surface area contributed by atoms with Crippen LogP contribution in [0.3, 0.4) is 0 Å². The van der Waals surface area contributed by atoms with Gasteiger partial charge in [0.2, 0.25) is 0 Å². The molecular weight excluding hydrogens is 376 g/mol. The fourth-order valence-corrected chi connectivity index (χ4v) is 3.80. The predicted octanol–water partition coefficient (Wildman–Crippen LogP) is 3.79. The van der Waals surface area contributed by atoms with Crippen molar-refractivity contribution < 1.29 is 4.79 Å². The monoisotopic (exact) mass is 394 g/mol. The Hall–Kier alpha value is -4.19. The number of para-hydroxylation sites is 3. The maximum Gasteiger partial charge on any atom is 0.260 e. The Morgan fingerprint density at radius 2 is 1.50 bits per heavy atom. The Labute approximate surface area is 171 Å². The molecule has 1 amide bonds. The molecule has 0 radical (unpaired) electrons. The SMILES string of the molecule is O=C(Cn1c2ccccc2c(=O)c2ccccc21)N/N=C\c1c[nH]c2ccccc12. The summed E-state index contributed by atoms with van der Waals surface area (Å²) in [4.78, 5) is 28.6. The highest BCUT2D eigenvalue weighted by atomic mass is 16.2. The maximum atomic E-state index is 12.8. The molecule has 5 rings (SSSR count). The number of nitrogens with one attached hydrogen (secondary N) is 2. The zero-order valence-electron chi connectivity index (χ0n) is 16.0. The molecular formula is C24H18N4O2. The minimum absolute atomic E-state index is 0.0322. The number of aromatic amines is 1. The number of pyridine rings is 1. The van der Waals surface area contributed by atoms with E-state index in [1.54, 1.807) is 18.3 Å². The lowest BCUT2D eigenvalue weighted by Gasteiger charge is -2.14. The van der Waals surface area contributed by atoms with Gasteiger partial charge in [0.1, 0.15) is 6.54 Å². The molecule has 0 bridgehead atoms. The van der Waals surface area contributed by atoms with Gasteiger partial charge in [-0.05, 0) is 30.3 Å². The fourth-order valence-electron chi connectivity index (χ4n) is 3.80. The highest BCUT2D eigenvalue weighted by Gasteiger charge is 2.12. The van der Waals surface area contributed by atoms with Gasteiger partial charge in [-0.15, -0.1) is 0 Å². The summed E-state index contributed by atoms with van der Waals surface area (Å²) >= 11 is 0. The van der Waals surface area contributed by atoms with Gasteiger partial charge < -0.3 is 9.55 Å². The number of fused-ring (bicyclic) bond motifs is 3. The van der Waals surface area contributed by atoms with E-state index in [0.29, 0.717) is 10.8 Å². The zero-order chi connectivity index (χ0) is 20.5. The molecule has 30 heavy (non-hydrogen) atoms. The van der Waals surface area contributed by atoms with E-state index in [1.165, 1.54) is 0 Å². The van der Waals surface area contributed by atoms with Crippen molar-refractivity contribution in [1.82, 2.24) is 15.0 Å². The number of hydrazone groups is 1. The fraction of sp³-hybridized carbons (Fsp3) is 0.0417. The van der Waals surface area contributed by atoms with Gasteiger partial charge in [0.05, 0.1) is 17.2 Å². The topological polar surface area (TPSA) is 79.2 Å². The molecule has 6 heteroatoms. The lowest BCUT2D eigenvalue weighted by atomic mass is 10.1. The molecule has 0 saturated heterocycles. The van der Waals surface area contributed by atoms with Gasteiger partial charge in [0.25, 0.3) is 5.91 Å². The van der Waals surface area contributed by atoms with Crippen LogP contribution in [0.15, 0.2) is 88.9 Å². The van der Waals surface area contributed by atoms with Crippen LogP contribution in [0.4, 0.5) is 0 Å². The summed E-state index contributed by atoms with van der Waals surface area (Å²) in [7, 11) is 0. The molecule has 0 unspecified atom stereocenters. The first-order valence-electron chi connectivity index (χ1n) is 9.61. The third-order valence-electron chi connectivity index (χ3n) is 5.19. The Bertz CT molecular complexity index is 1430. The molecule has 2 N–H and O–H groups in total. The number of benzene rings is 3. The molecule has 0 aliphatic rings. The lowest BCUT2D eigenvalue weighted by molar-refractivity contribution is -0.121. The van der Waals surface area contributed by atoms with Crippen molar-refractivity contribution in [2.75, 3.05) is 0 Å². The van der Waals surface area contributed by atoms with Crippen molar-refractivity contribution in [1.29, 1.82) is 0 Å². The molecule has 5 aromatic rings. The van der Waals surface area contributed by atoms with E-state index in [4.69, 9.17) is 0 Å². The molecule has 0 spiro atoms. The van der Waals surface area contributed by atoms with Gasteiger partial charge >= 0.3 is 0 Å². The minimum Gasteiger partial charge on any atom is -0.361 e. The second-order valence-electron chi connectivity index (χ2n) is 7.03. The van der Waals surface area contributed by atoms with E-state index in [-0.39, 0.29) is 17.9 Å². The predicted molar refractivity (Wildman–Crippen MR) is 120 cm³/mol. The molecule has 2 aromatic heterocycles. The van der Waals surface area contributed by atoms with Gasteiger partial charge in [-0.1, -0.05) is 42.5 Å². The van der Waals surface area contributed by atoms with Crippen molar-refractivity contribution in [3.8, 4) is 0 Å². The summed E-state index contributed by atoms with van der Waals surface area (Å²) in [5.41, 5.74) is 5.91. The van der Waals surface area contributed by atoms with E-state index < -0.39 is 0 Å². The molecule has 0 aliphatic carbocycles. The van der Waals surface area contributed by atoms with Crippen LogP contribution in [-0.4, -0.2) is 21.7 Å². The van der Waals surface area contributed by atoms with Gasteiger partial charge in [0.15, 0.2) is 5.43 Å². The summed E-state index contributed by atoms with van der Waals surface area (Å²) in [6.07, 6.45) is 3.47. The van der Waals surface area contributed by atoms with E-state index in [2.05, 4.69) is 15.5 Å². The number of nitrogens with zero attached hydrogens (tertiary/aromatic N) is 2. The van der Waals surface area contributed by atoms with E-state index in [1.807, 2.05) is 71.4 Å². The Morgan fingerprint density at radius 3 is 2.20 bits per heavy atom. The van der Waals surface area contributed by atoms with Crippen LogP contribution >= 0.6 is 0 Å². The van der Waals surface area contributed by atoms with E-state index in [0.717, 1.165) is 27.5 Å². The average molecular weight is 394 g/mol. The molecule has 3 aromatic carbocycles. The van der Waals surface area contributed by atoms with Crippen molar-refractivity contribution in [3.63, 3.8) is 0 Å². The molecule has 2 heterocycles. The highest BCUT2D eigenvalue weighted by Crippen LogP contribution is 2.19. The molecule has 0 fully saturated rings. The van der Waals surface area contributed by atoms with Crippen molar-refractivity contribution in [2.24, 2.45) is 5.10 Å². The van der Waals surface area contributed by atoms with Crippen LogP contribution in [0.5, 0.6) is 0 Å². The first-order valence-corrected chi connectivity index (χ1v) is 9.61.